The zero-order valence-corrected chi connectivity index (χ0v) is 14.9. The number of rotatable bonds is 2. The fourth-order valence-corrected chi connectivity index (χ4v) is 3.73. The standard InChI is InChI=1S/C15H11BrClIO2/c16-9-5-8-3-4-20-15(8)12(6-9)14(19)11-7-10(17)1-2-13(11)18/h1-2,5-7,14,19H,3-4H2. The molecule has 0 bridgehead atoms. The minimum Gasteiger partial charge on any atom is -0.493 e. The van der Waals surface area contributed by atoms with Gasteiger partial charge in [0.25, 0.3) is 0 Å². The lowest BCUT2D eigenvalue weighted by Gasteiger charge is -2.17. The summed E-state index contributed by atoms with van der Waals surface area (Å²) in [5.41, 5.74) is 2.71. The Morgan fingerprint density at radius 2 is 2.05 bits per heavy atom. The zero-order valence-electron chi connectivity index (χ0n) is 10.4. The SMILES string of the molecule is OC(c1cc(Cl)ccc1I)c1cc(Br)cc2c1OCC2. The van der Waals surface area contributed by atoms with Crippen LogP contribution in [0.25, 0.3) is 0 Å². The van der Waals surface area contributed by atoms with Gasteiger partial charge in [-0.05, 0) is 64.0 Å². The Morgan fingerprint density at radius 1 is 1.25 bits per heavy atom. The maximum atomic E-state index is 10.7. The molecule has 104 valence electrons. The summed E-state index contributed by atoms with van der Waals surface area (Å²) in [5.74, 6) is 0.802. The summed E-state index contributed by atoms with van der Waals surface area (Å²) in [7, 11) is 0. The average Bonchev–Trinajstić information content (AvgIpc) is 2.87. The summed E-state index contributed by atoms with van der Waals surface area (Å²) in [6.45, 7) is 0.665. The highest BCUT2D eigenvalue weighted by Gasteiger charge is 2.24. The molecule has 0 fully saturated rings. The highest BCUT2D eigenvalue weighted by atomic mass is 127. The van der Waals surface area contributed by atoms with Gasteiger partial charge in [-0.1, -0.05) is 27.5 Å². The predicted molar refractivity (Wildman–Crippen MR) is 91.6 cm³/mol. The number of hydrogen-bond donors (Lipinski definition) is 1. The molecule has 3 rings (SSSR count). The molecule has 2 nitrogen and oxygen atoms in total. The first-order chi connectivity index (χ1) is 9.56. The Hall–Kier alpha value is -0.300. The Labute approximate surface area is 144 Å². The molecule has 0 aliphatic carbocycles. The van der Waals surface area contributed by atoms with Crippen molar-refractivity contribution in [3.8, 4) is 5.75 Å². The van der Waals surface area contributed by atoms with Crippen LogP contribution in [-0.2, 0) is 6.42 Å². The van der Waals surface area contributed by atoms with Crippen LogP contribution in [-0.4, -0.2) is 11.7 Å². The van der Waals surface area contributed by atoms with Crippen molar-refractivity contribution < 1.29 is 9.84 Å². The van der Waals surface area contributed by atoms with Gasteiger partial charge in [0.05, 0.1) is 6.61 Å². The summed E-state index contributed by atoms with van der Waals surface area (Å²) in [6, 6.07) is 9.48. The molecule has 5 heteroatoms. The maximum Gasteiger partial charge on any atom is 0.128 e. The van der Waals surface area contributed by atoms with Gasteiger partial charge in [0, 0.05) is 25.0 Å². The molecular formula is C15H11BrClIO2. The number of ether oxygens (including phenoxy) is 1. The normalized spacial score (nSPS) is 14.8. The number of halogens is 3. The van der Waals surface area contributed by atoms with Crippen LogP contribution in [0.5, 0.6) is 5.75 Å². The summed E-state index contributed by atoms with van der Waals surface area (Å²) < 4.78 is 7.61. The van der Waals surface area contributed by atoms with E-state index in [-0.39, 0.29) is 0 Å². The Bertz CT molecular complexity index is 675. The van der Waals surface area contributed by atoms with Gasteiger partial charge >= 0.3 is 0 Å². The van der Waals surface area contributed by atoms with Crippen LogP contribution in [0.2, 0.25) is 5.02 Å². The van der Waals surface area contributed by atoms with E-state index in [0.29, 0.717) is 11.6 Å². The highest BCUT2D eigenvalue weighted by molar-refractivity contribution is 14.1. The molecule has 0 amide bonds. The molecule has 2 aromatic carbocycles. The summed E-state index contributed by atoms with van der Waals surface area (Å²) in [6.07, 6.45) is 0.131. The van der Waals surface area contributed by atoms with Crippen LogP contribution >= 0.6 is 50.1 Å². The van der Waals surface area contributed by atoms with Gasteiger partial charge in [-0.3, -0.25) is 0 Å². The number of fused-ring (bicyclic) bond motifs is 1. The Morgan fingerprint density at radius 3 is 2.85 bits per heavy atom. The molecule has 0 spiro atoms. The molecule has 2 aromatic rings. The fourth-order valence-electron chi connectivity index (χ4n) is 2.39. The van der Waals surface area contributed by atoms with E-state index in [1.807, 2.05) is 24.3 Å². The summed E-state index contributed by atoms with van der Waals surface area (Å²) in [4.78, 5) is 0. The molecule has 0 saturated carbocycles. The van der Waals surface area contributed by atoms with Gasteiger partial charge in [-0.15, -0.1) is 0 Å². The molecule has 1 atom stereocenters. The quantitative estimate of drug-likeness (QED) is 0.651. The minimum absolute atomic E-state index is 0.618. The molecule has 0 saturated heterocycles. The van der Waals surface area contributed by atoms with Crippen LogP contribution < -0.4 is 4.74 Å². The van der Waals surface area contributed by atoms with Crippen molar-refractivity contribution >= 4 is 50.1 Å². The van der Waals surface area contributed by atoms with Gasteiger partial charge in [0.1, 0.15) is 11.9 Å². The molecule has 0 aromatic heterocycles. The number of hydrogen-bond acceptors (Lipinski definition) is 2. The first-order valence-electron chi connectivity index (χ1n) is 6.14. The Kier molecular flexibility index (Phi) is 4.26. The summed E-state index contributed by atoms with van der Waals surface area (Å²) >= 11 is 11.7. The molecule has 1 aliphatic heterocycles. The van der Waals surface area contributed by atoms with Crippen LogP contribution in [0.15, 0.2) is 34.8 Å². The molecular weight excluding hydrogens is 454 g/mol. The van der Waals surface area contributed by atoms with Crippen molar-refractivity contribution in [1.82, 2.24) is 0 Å². The third-order valence-corrected chi connectivity index (χ3v) is 5.00. The lowest BCUT2D eigenvalue weighted by Crippen LogP contribution is -2.04. The number of aliphatic hydroxyl groups is 1. The van der Waals surface area contributed by atoms with Crippen LogP contribution in [0.3, 0.4) is 0 Å². The van der Waals surface area contributed by atoms with Gasteiger partial charge in [-0.2, -0.15) is 0 Å². The van der Waals surface area contributed by atoms with E-state index in [4.69, 9.17) is 16.3 Å². The lowest BCUT2D eigenvalue weighted by molar-refractivity contribution is 0.213. The van der Waals surface area contributed by atoms with Crippen molar-refractivity contribution in [2.75, 3.05) is 6.61 Å². The van der Waals surface area contributed by atoms with Crippen molar-refractivity contribution in [2.45, 2.75) is 12.5 Å². The molecule has 1 heterocycles. The van der Waals surface area contributed by atoms with E-state index in [9.17, 15) is 5.11 Å². The number of aliphatic hydroxyl groups excluding tert-OH is 1. The van der Waals surface area contributed by atoms with Gasteiger partial charge < -0.3 is 9.84 Å². The smallest absolute Gasteiger partial charge is 0.128 e. The molecule has 1 aliphatic rings. The topological polar surface area (TPSA) is 29.5 Å². The molecule has 20 heavy (non-hydrogen) atoms. The second kappa shape index (κ2) is 5.83. The molecule has 0 radical (unpaired) electrons. The minimum atomic E-state index is -0.745. The van der Waals surface area contributed by atoms with E-state index in [1.165, 1.54) is 0 Å². The van der Waals surface area contributed by atoms with Gasteiger partial charge in [0.15, 0.2) is 0 Å². The lowest BCUT2D eigenvalue weighted by atomic mass is 9.98. The van der Waals surface area contributed by atoms with Crippen LogP contribution in [0.4, 0.5) is 0 Å². The van der Waals surface area contributed by atoms with E-state index in [1.54, 1.807) is 6.07 Å². The van der Waals surface area contributed by atoms with Crippen molar-refractivity contribution in [2.24, 2.45) is 0 Å². The van der Waals surface area contributed by atoms with Crippen molar-refractivity contribution in [3.05, 3.63) is 60.1 Å². The van der Waals surface area contributed by atoms with Gasteiger partial charge in [0.2, 0.25) is 0 Å². The van der Waals surface area contributed by atoms with Crippen LogP contribution in [0, 0.1) is 3.57 Å². The second-order valence-electron chi connectivity index (χ2n) is 4.65. The first kappa shape index (κ1) is 14.6. The average molecular weight is 466 g/mol. The van der Waals surface area contributed by atoms with Gasteiger partial charge in [-0.25, -0.2) is 0 Å². The third-order valence-electron chi connectivity index (χ3n) is 3.32. The van der Waals surface area contributed by atoms with Crippen molar-refractivity contribution in [1.29, 1.82) is 0 Å². The molecule has 1 unspecified atom stereocenters. The van der Waals surface area contributed by atoms with Crippen LogP contribution in [0.1, 0.15) is 22.8 Å². The summed E-state index contributed by atoms with van der Waals surface area (Å²) in [5, 5.41) is 11.3. The monoisotopic (exact) mass is 464 g/mol. The fraction of sp³-hybridized carbons (Fsp3) is 0.200. The predicted octanol–water partition coefficient (Wildman–Crippen LogP) is 4.72. The largest absolute Gasteiger partial charge is 0.493 e. The van der Waals surface area contributed by atoms with E-state index in [2.05, 4.69) is 38.5 Å². The third kappa shape index (κ3) is 2.71. The van der Waals surface area contributed by atoms with E-state index >= 15 is 0 Å². The zero-order chi connectivity index (χ0) is 14.3. The van der Waals surface area contributed by atoms with E-state index in [0.717, 1.165) is 36.9 Å². The Balaban J connectivity index is 2.11. The second-order valence-corrected chi connectivity index (χ2v) is 7.16. The van der Waals surface area contributed by atoms with Crippen molar-refractivity contribution in [3.63, 3.8) is 0 Å². The van der Waals surface area contributed by atoms with E-state index < -0.39 is 6.10 Å². The molecule has 1 N–H and O–H groups in total. The number of benzene rings is 2. The first-order valence-corrected chi connectivity index (χ1v) is 8.39. The highest BCUT2D eigenvalue weighted by Crippen LogP contribution is 2.40. The maximum absolute atomic E-state index is 10.7.